The van der Waals surface area contributed by atoms with Crippen LogP contribution >= 0.6 is 22.6 Å². The van der Waals surface area contributed by atoms with Crippen molar-refractivity contribution in [2.24, 2.45) is 0 Å². The van der Waals surface area contributed by atoms with Gasteiger partial charge in [-0.1, -0.05) is 6.07 Å². The van der Waals surface area contributed by atoms with Gasteiger partial charge >= 0.3 is 0 Å². The number of amides is 1. The highest BCUT2D eigenvalue weighted by Gasteiger charge is 2.04. The standard InChI is InChI=1S/C15H16INO3/c16-13-5-1-4-12(10-13)15(18)17-7-3-8-19-11-14-6-2-9-20-14/h1-2,4-6,9-10H,3,7-8,11H2,(H,17,18). The summed E-state index contributed by atoms with van der Waals surface area (Å²) in [6, 6.07) is 11.2. The Hall–Kier alpha value is -1.34. The van der Waals surface area contributed by atoms with E-state index in [0.29, 0.717) is 25.3 Å². The molecule has 2 aromatic rings. The fraction of sp³-hybridized carbons (Fsp3) is 0.267. The smallest absolute Gasteiger partial charge is 0.251 e. The lowest BCUT2D eigenvalue weighted by Crippen LogP contribution is -2.25. The Morgan fingerprint density at radius 1 is 1.30 bits per heavy atom. The van der Waals surface area contributed by atoms with Crippen molar-refractivity contribution in [3.05, 3.63) is 57.6 Å². The molecule has 0 bridgehead atoms. The van der Waals surface area contributed by atoms with E-state index < -0.39 is 0 Å². The van der Waals surface area contributed by atoms with E-state index in [9.17, 15) is 4.79 Å². The third-order valence-electron chi connectivity index (χ3n) is 2.66. The zero-order valence-corrected chi connectivity index (χ0v) is 13.1. The molecule has 0 radical (unpaired) electrons. The van der Waals surface area contributed by atoms with Crippen molar-refractivity contribution in [1.29, 1.82) is 0 Å². The summed E-state index contributed by atoms with van der Waals surface area (Å²) in [5.41, 5.74) is 0.688. The minimum absolute atomic E-state index is 0.0467. The molecule has 0 atom stereocenters. The number of ether oxygens (including phenoxy) is 1. The largest absolute Gasteiger partial charge is 0.467 e. The van der Waals surface area contributed by atoms with Gasteiger partial charge in [0.15, 0.2) is 0 Å². The number of rotatable bonds is 7. The third kappa shape index (κ3) is 4.97. The van der Waals surface area contributed by atoms with E-state index in [4.69, 9.17) is 9.15 Å². The highest BCUT2D eigenvalue weighted by molar-refractivity contribution is 14.1. The maximum atomic E-state index is 11.8. The molecule has 0 aliphatic rings. The van der Waals surface area contributed by atoms with Crippen molar-refractivity contribution in [3.63, 3.8) is 0 Å². The molecule has 106 valence electrons. The quantitative estimate of drug-likeness (QED) is 0.588. The average Bonchev–Trinajstić information content (AvgIpc) is 2.95. The minimum atomic E-state index is -0.0467. The molecule has 0 fully saturated rings. The lowest BCUT2D eigenvalue weighted by molar-refractivity contribution is 0.0917. The van der Waals surface area contributed by atoms with Crippen LogP contribution in [0.5, 0.6) is 0 Å². The van der Waals surface area contributed by atoms with Crippen molar-refractivity contribution in [2.75, 3.05) is 13.2 Å². The molecule has 0 saturated heterocycles. The van der Waals surface area contributed by atoms with E-state index in [1.807, 2.05) is 36.4 Å². The number of furan rings is 1. The summed E-state index contributed by atoms with van der Waals surface area (Å²) in [7, 11) is 0. The van der Waals surface area contributed by atoms with Gasteiger partial charge in [0.25, 0.3) is 5.91 Å². The molecular weight excluding hydrogens is 369 g/mol. The summed E-state index contributed by atoms with van der Waals surface area (Å²) in [4.78, 5) is 11.8. The minimum Gasteiger partial charge on any atom is -0.467 e. The molecule has 1 heterocycles. The molecule has 0 unspecified atom stereocenters. The van der Waals surface area contributed by atoms with Crippen molar-refractivity contribution in [3.8, 4) is 0 Å². The topological polar surface area (TPSA) is 51.5 Å². The Morgan fingerprint density at radius 2 is 2.20 bits per heavy atom. The summed E-state index contributed by atoms with van der Waals surface area (Å²) in [6.07, 6.45) is 2.40. The summed E-state index contributed by atoms with van der Waals surface area (Å²) < 4.78 is 11.6. The molecule has 0 spiro atoms. The van der Waals surface area contributed by atoms with Crippen molar-refractivity contribution < 1.29 is 13.9 Å². The Bertz CT molecular complexity index is 540. The first kappa shape index (κ1) is 15.1. The first-order chi connectivity index (χ1) is 9.75. The van der Waals surface area contributed by atoms with Crippen LogP contribution in [0.1, 0.15) is 22.5 Å². The van der Waals surface area contributed by atoms with Gasteiger partial charge < -0.3 is 14.5 Å². The lowest BCUT2D eigenvalue weighted by atomic mass is 10.2. The zero-order chi connectivity index (χ0) is 14.2. The second-order valence-corrected chi connectivity index (χ2v) is 5.50. The van der Waals surface area contributed by atoms with Crippen LogP contribution in [0.2, 0.25) is 0 Å². The molecule has 1 aromatic carbocycles. The van der Waals surface area contributed by atoms with Gasteiger partial charge in [-0.25, -0.2) is 0 Å². The number of nitrogens with one attached hydrogen (secondary N) is 1. The molecule has 1 amide bonds. The molecule has 4 nitrogen and oxygen atoms in total. The van der Waals surface area contributed by atoms with Crippen molar-refractivity contribution in [2.45, 2.75) is 13.0 Å². The molecule has 0 saturated carbocycles. The highest BCUT2D eigenvalue weighted by Crippen LogP contribution is 2.07. The molecule has 5 heteroatoms. The predicted octanol–water partition coefficient (Wildman–Crippen LogP) is 3.22. The van der Waals surface area contributed by atoms with E-state index in [2.05, 4.69) is 27.9 Å². The van der Waals surface area contributed by atoms with Gasteiger partial charge in [-0.3, -0.25) is 4.79 Å². The van der Waals surface area contributed by atoms with Crippen LogP contribution in [0.3, 0.4) is 0 Å². The SMILES string of the molecule is O=C(NCCCOCc1ccco1)c1cccc(I)c1. The fourth-order valence-electron chi connectivity index (χ4n) is 1.68. The Kier molecular flexibility index (Phi) is 6.07. The summed E-state index contributed by atoms with van der Waals surface area (Å²) >= 11 is 2.19. The normalized spacial score (nSPS) is 10.4. The van der Waals surface area contributed by atoms with Crippen molar-refractivity contribution >= 4 is 28.5 Å². The monoisotopic (exact) mass is 385 g/mol. The highest BCUT2D eigenvalue weighted by atomic mass is 127. The van der Waals surface area contributed by atoms with Crippen LogP contribution in [0.25, 0.3) is 0 Å². The van der Waals surface area contributed by atoms with Crippen LogP contribution in [0.4, 0.5) is 0 Å². The van der Waals surface area contributed by atoms with Gasteiger partial charge in [-0.05, 0) is 59.3 Å². The van der Waals surface area contributed by atoms with Crippen LogP contribution in [-0.4, -0.2) is 19.1 Å². The van der Waals surface area contributed by atoms with Crippen LogP contribution in [0, 0.1) is 3.57 Å². The number of carbonyl (C=O) groups is 1. The van der Waals surface area contributed by atoms with Crippen LogP contribution < -0.4 is 5.32 Å². The second-order valence-electron chi connectivity index (χ2n) is 4.25. The Balaban J connectivity index is 1.60. The van der Waals surface area contributed by atoms with Crippen LogP contribution in [-0.2, 0) is 11.3 Å². The summed E-state index contributed by atoms with van der Waals surface area (Å²) in [5.74, 6) is 0.766. The van der Waals surface area contributed by atoms with Gasteiger partial charge in [0, 0.05) is 22.3 Å². The molecule has 1 N–H and O–H groups in total. The van der Waals surface area contributed by atoms with E-state index in [1.165, 1.54) is 0 Å². The average molecular weight is 385 g/mol. The molecule has 0 aliphatic carbocycles. The van der Waals surface area contributed by atoms with Gasteiger partial charge in [0.1, 0.15) is 12.4 Å². The van der Waals surface area contributed by atoms with Gasteiger partial charge in [-0.2, -0.15) is 0 Å². The lowest BCUT2D eigenvalue weighted by Gasteiger charge is -2.06. The number of benzene rings is 1. The maximum absolute atomic E-state index is 11.8. The Labute approximate surface area is 131 Å². The fourth-order valence-corrected chi connectivity index (χ4v) is 2.22. The molecular formula is C15H16INO3. The van der Waals surface area contributed by atoms with Crippen molar-refractivity contribution in [1.82, 2.24) is 5.32 Å². The summed E-state index contributed by atoms with van der Waals surface area (Å²) in [5, 5.41) is 2.87. The second kappa shape index (κ2) is 8.06. The van der Waals surface area contributed by atoms with E-state index >= 15 is 0 Å². The zero-order valence-electron chi connectivity index (χ0n) is 11.0. The number of halogens is 1. The first-order valence-corrected chi connectivity index (χ1v) is 7.47. The third-order valence-corrected chi connectivity index (χ3v) is 3.33. The number of hydrogen-bond acceptors (Lipinski definition) is 3. The van der Waals surface area contributed by atoms with Gasteiger partial charge in [0.2, 0.25) is 0 Å². The Morgan fingerprint density at radius 3 is 2.95 bits per heavy atom. The van der Waals surface area contributed by atoms with Gasteiger partial charge in [0.05, 0.1) is 6.26 Å². The summed E-state index contributed by atoms with van der Waals surface area (Å²) in [6.45, 7) is 1.66. The van der Waals surface area contributed by atoms with E-state index in [0.717, 1.165) is 15.8 Å². The molecule has 1 aromatic heterocycles. The number of carbonyl (C=O) groups excluding carboxylic acids is 1. The first-order valence-electron chi connectivity index (χ1n) is 6.39. The molecule has 2 rings (SSSR count). The maximum Gasteiger partial charge on any atom is 0.251 e. The molecule has 0 aliphatic heterocycles. The predicted molar refractivity (Wildman–Crippen MR) is 84.5 cm³/mol. The van der Waals surface area contributed by atoms with E-state index in [1.54, 1.807) is 6.26 Å². The van der Waals surface area contributed by atoms with Crippen LogP contribution in [0.15, 0.2) is 47.1 Å². The number of hydrogen-bond donors (Lipinski definition) is 1. The molecule has 20 heavy (non-hydrogen) atoms. The van der Waals surface area contributed by atoms with E-state index in [-0.39, 0.29) is 5.91 Å². The van der Waals surface area contributed by atoms with Gasteiger partial charge in [-0.15, -0.1) is 0 Å².